The van der Waals surface area contributed by atoms with Crippen molar-refractivity contribution in [3.05, 3.63) is 95.0 Å². The highest BCUT2D eigenvalue weighted by atomic mass is 35.5. The number of anilines is 1. The number of hydrogen-bond acceptors (Lipinski definition) is 4. The Hall–Kier alpha value is -3.36. The third-order valence-electron chi connectivity index (χ3n) is 7.65. The zero-order chi connectivity index (χ0) is 29.4. The van der Waals surface area contributed by atoms with Crippen LogP contribution in [0.25, 0.3) is 0 Å². The van der Waals surface area contributed by atoms with Gasteiger partial charge < -0.3 is 10.2 Å². The molecule has 0 bridgehead atoms. The lowest BCUT2D eigenvalue weighted by molar-refractivity contribution is -0.140. The van der Waals surface area contributed by atoms with Crippen LogP contribution >= 0.6 is 11.6 Å². The molecule has 7 nitrogen and oxygen atoms in total. The summed E-state index contributed by atoms with van der Waals surface area (Å²) in [5.74, 6) is -0.681. The number of rotatable bonds is 11. The van der Waals surface area contributed by atoms with E-state index >= 15 is 0 Å². The summed E-state index contributed by atoms with van der Waals surface area (Å²) >= 11 is 6.25. The van der Waals surface area contributed by atoms with Crippen molar-refractivity contribution >= 4 is 39.1 Å². The molecule has 1 fully saturated rings. The van der Waals surface area contributed by atoms with E-state index in [1.165, 1.54) is 23.1 Å². The smallest absolute Gasteiger partial charge is 0.264 e. The minimum Gasteiger partial charge on any atom is -0.352 e. The van der Waals surface area contributed by atoms with Crippen molar-refractivity contribution in [3.8, 4) is 0 Å². The number of carbonyl (C=O) groups excluding carboxylic acids is 2. The first-order valence-corrected chi connectivity index (χ1v) is 16.0. The number of halogens is 1. The van der Waals surface area contributed by atoms with Gasteiger partial charge in [-0.3, -0.25) is 13.9 Å². The normalized spacial score (nSPS) is 14.7. The molecule has 218 valence electrons. The Kier molecular flexibility index (Phi) is 10.5. The fraction of sp³-hybridized carbons (Fsp3) is 0.375. The predicted molar refractivity (Wildman–Crippen MR) is 163 cm³/mol. The Morgan fingerprint density at radius 2 is 1.63 bits per heavy atom. The van der Waals surface area contributed by atoms with Crippen LogP contribution in [0.2, 0.25) is 5.02 Å². The zero-order valence-electron chi connectivity index (χ0n) is 23.6. The van der Waals surface area contributed by atoms with Crippen molar-refractivity contribution in [3.63, 3.8) is 0 Å². The molecule has 0 heterocycles. The van der Waals surface area contributed by atoms with Crippen LogP contribution in [0.5, 0.6) is 0 Å². The first-order valence-electron chi connectivity index (χ1n) is 14.2. The Morgan fingerprint density at radius 1 is 0.951 bits per heavy atom. The maximum Gasteiger partial charge on any atom is 0.264 e. The van der Waals surface area contributed by atoms with Gasteiger partial charge in [0.05, 0.1) is 10.6 Å². The summed E-state index contributed by atoms with van der Waals surface area (Å²) in [7, 11) is -4.13. The van der Waals surface area contributed by atoms with E-state index in [0.29, 0.717) is 11.4 Å². The van der Waals surface area contributed by atoms with E-state index in [-0.39, 0.29) is 29.1 Å². The lowest BCUT2D eigenvalue weighted by atomic mass is 9.95. The maximum atomic E-state index is 14.2. The highest BCUT2D eigenvalue weighted by molar-refractivity contribution is 7.92. The van der Waals surface area contributed by atoms with Crippen molar-refractivity contribution < 1.29 is 18.0 Å². The van der Waals surface area contributed by atoms with Crippen LogP contribution in [0.3, 0.4) is 0 Å². The first kappa shape index (κ1) is 30.6. The third kappa shape index (κ3) is 7.68. The third-order valence-corrected chi connectivity index (χ3v) is 9.67. The number of carbonyl (C=O) groups is 2. The number of nitrogens with zero attached hydrogens (tertiary/aromatic N) is 2. The van der Waals surface area contributed by atoms with Crippen LogP contribution in [0.4, 0.5) is 5.69 Å². The van der Waals surface area contributed by atoms with Crippen molar-refractivity contribution in [2.24, 2.45) is 0 Å². The average Bonchev–Trinajstić information content (AvgIpc) is 2.97. The molecule has 0 unspecified atom stereocenters. The van der Waals surface area contributed by atoms with E-state index in [4.69, 9.17) is 11.6 Å². The molecule has 0 radical (unpaired) electrons. The summed E-state index contributed by atoms with van der Waals surface area (Å²) in [6.45, 7) is 3.52. The molecule has 2 amide bonds. The molecule has 0 aromatic heterocycles. The quantitative estimate of drug-likeness (QED) is 0.290. The van der Waals surface area contributed by atoms with E-state index < -0.39 is 28.5 Å². The second-order valence-electron chi connectivity index (χ2n) is 10.5. The van der Waals surface area contributed by atoms with Gasteiger partial charge in [0, 0.05) is 17.6 Å². The summed E-state index contributed by atoms with van der Waals surface area (Å²) in [5, 5.41) is 3.52. The topological polar surface area (TPSA) is 86.8 Å². The average molecular weight is 596 g/mol. The Labute approximate surface area is 248 Å². The van der Waals surface area contributed by atoms with Crippen LogP contribution in [-0.2, 0) is 26.2 Å². The highest BCUT2D eigenvalue weighted by Crippen LogP contribution is 2.27. The molecule has 9 heteroatoms. The van der Waals surface area contributed by atoms with Gasteiger partial charge in [0.15, 0.2) is 0 Å². The van der Waals surface area contributed by atoms with Gasteiger partial charge in [-0.05, 0) is 67.6 Å². The van der Waals surface area contributed by atoms with Gasteiger partial charge in [-0.1, -0.05) is 86.3 Å². The SMILES string of the molecule is CC[C@@H](C(=O)NC1CCCCC1)N(Cc1ccccc1C)C(=O)CN(c1cccc(Cl)c1)S(=O)(=O)c1ccccc1. The van der Waals surface area contributed by atoms with Gasteiger partial charge in [-0.2, -0.15) is 0 Å². The predicted octanol–water partition coefficient (Wildman–Crippen LogP) is 6.10. The summed E-state index contributed by atoms with van der Waals surface area (Å²) in [4.78, 5) is 29.4. The second kappa shape index (κ2) is 14.0. The van der Waals surface area contributed by atoms with Gasteiger partial charge in [0.2, 0.25) is 11.8 Å². The Balaban J connectivity index is 1.71. The van der Waals surface area contributed by atoms with Gasteiger partial charge in [-0.15, -0.1) is 0 Å². The standard InChI is InChI=1S/C32H38ClN3O4S/c1-3-30(32(38)34-27-16-6-4-7-17-27)35(22-25-14-11-10-13-24(25)2)31(37)23-36(28-18-12-15-26(33)21-28)41(39,40)29-19-8-5-9-20-29/h5,8-15,18-21,27,30H,3-4,6-7,16-17,22-23H2,1-2H3,(H,34,38)/t30-/m0/s1. The molecule has 1 aliphatic rings. The van der Waals surface area contributed by atoms with E-state index in [9.17, 15) is 18.0 Å². The second-order valence-corrected chi connectivity index (χ2v) is 12.8. The summed E-state index contributed by atoms with van der Waals surface area (Å²) in [6.07, 6.45) is 5.53. The van der Waals surface area contributed by atoms with Crippen LogP contribution in [-0.4, -0.2) is 43.8 Å². The number of hydrogen-bond donors (Lipinski definition) is 1. The molecule has 3 aromatic carbocycles. The van der Waals surface area contributed by atoms with Crippen LogP contribution in [0, 0.1) is 6.92 Å². The monoisotopic (exact) mass is 595 g/mol. The molecule has 0 spiro atoms. The van der Waals surface area contributed by atoms with Gasteiger partial charge in [-0.25, -0.2) is 8.42 Å². The molecule has 4 rings (SSSR count). The molecular weight excluding hydrogens is 558 g/mol. The highest BCUT2D eigenvalue weighted by Gasteiger charge is 2.34. The van der Waals surface area contributed by atoms with E-state index in [1.807, 2.05) is 38.1 Å². The Bertz CT molecular complexity index is 1440. The molecule has 1 atom stereocenters. The molecule has 41 heavy (non-hydrogen) atoms. The van der Waals surface area contributed by atoms with E-state index in [0.717, 1.165) is 47.5 Å². The molecule has 0 aliphatic heterocycles. The molecule has 1 N–H and O–H groups in total. The molecule has 1 aliphatic carbocycles. The minimum atomic E-state index is -4.13. The van der Waals surface area contributed by atoms with Crippen LogP contribution in [0.1, 0.15) is 56.6 Å². The van der Waals surface area contributed by atoms with Gasteiger partial charge in [0.1, 0.15) is 12.6 Å². The summed E-state index contributed by atoms with van der Waals surface area (Å²) < 4.78 is 28.8. The van der Waals surface area contributed by atoms with Gasteiger partial charge in [0.25, 0.3) is 10.0 Å². The fourth-order valence-corrected chi connectivity index (χ4v) is 6.93. The largest absolute Gasteiger partial charge is 0.352 e. The van der Waals surface area contributed by atoms with Crippen molar-refractivity contribution in [1.29, 1.82) is 0 Å². The number of sulfonamides is 1. The maximum absolute atomic E-state index is 14.2. The fourth-order valence-electron chi connectivity index (χ4n) is 5.31. The summed E-state index contributed by atoms with van der Waals surface area (Å²) in [6, 6.07) is 21.4. The van der Waals surface area contributed by atoms with Crippen molar-refractivity contribution in [2.75, 3.05) is 10.8 Å². The number of amides is 2. The number of nitrogens with one attached hydrogen (secondary N) is 1. The number of benzene rings is 3. The molecule has 3 aromatic rings. The zero-order valence-corrected chi connectivity index (χ0v) is 25.2. The molecule has 1 saturated carbocycles. The lowest BCUT2D eigenvalue weighted by Gasteiger charge is -2.34. The van der Waals surface area contributed by atoms with Crippen LogP contribution in [0.15, 0.2) is 83.8 Å². The van der Waals surface area contributed by atoms with Crippen molar-refractivity contribution in [2.45, 2.75) is 75.9 Å². The van der Waals surface area contributed by atoms with Crippen molar-refractivity contribution in [1.82, 2.24) is 10.2 Å². The molecule has 0 saturated heterocycles. The van der Waals surface area contributed by atoms with Crippen LogP contribution < -0.4 is 9.62 Å². The van der Waals surface area contributed by atoms with E-state index in [2.05, 4.69) is 5.32 Å². The number of aryl methyl sites for hydroxylation is 1. The molecular formula is C32H38ClN3O4S. The van der Waals surface area contributed by atoms with E-state index in [1.54, 1.807) is 36.4 Å². The lowest BCUT2D eigenvalue weighted by Crippen LogP contribution is -2.54. The summed E-state index contributed by atoms with van der Waals surface area (Å²) in [5.41, 5.74) is 2.15. The first-order chi connectivity index (χ1) is 19.7. The van der Waals surface area contributed by atoms with Gasteiger partial charge >= 0.3 is 0 Å². The minimum absolute atomic E-state index is 0.0558. The Morgan fingerprint density at radius 3 is 2.29 bits per heavy atom.